The third-order valence-electron chi connectivity index (χ3n) is 1.72. The second-order valence-electron chi connectivity index (χ2n) is 2.95. The normalized spacial score (nSPS) is 10.6. The summed E-state index contributed by atoms with van der Waals surface area (Å²) in [7, 11) is 0. The molecule has 0 aliphatic rings. The molecule has 7 heteroatoms. The molecule has 0 amide bonds. The zero-order chi connectivity index (χ0) is 11.5. The lowest BCUT2D eigenvalue weighted by Crippen LogP contribution is -1.91. The Bertz CT molecular complexity index is 506. The number of rotatable bonds is 4. The summed E-state index contributed by atoms with van der Waals surface area (Å²) in [6, 6.07) is 3.11. The Kier molecular flexibility index (Phi) is 3.25. The van der Waals surface area contributed by atoms with Gasteiger partial charge in [-0.2, -0.15) is 0 Å². The van der Waals surface area contributed by atoms with Crippen LogP contribution >= 0.6 is 23.1 Å². The van der Waals surface area contributed by atoms with Gasteiger partial charge in [0.1, 0.15) is 10.8 Å². The van der Waals surface area contributed by atoms with Crippen LogP contribution in [0.3, 0.4) is 0 Å². The van der Waals surface area contributed by atoms with Crippen molar-refractivity contribution >= 4 is 29.1 Å². The third kappa shape index (κ3) is 2.61. The maximum absolute atomic E-state index is 10.6. The molecule has 0 unspecified atom stereocenters. The molecule has 0 saturated carbocycles. The van der Waals surface area contributed by atoms with Crippen LogP contribution in [-0.2, 0) is 5.75 Å². The predicted molar refractivity (Wildman–Crippen MR) is 59.9 cm³/mol. The molecular formula is C9H8N2O3S2. The van der Waals surface area contributed by atoms with Gasteiger partial charge in [0.25, 0.3) is 0 Å². The van der Waals surface area contributed by atoms with Gasteiger partial charge < -0.3 is 9.52 Å². The molecule has 2 aromatic heterocycles. The van der Waals surface area contributed by atoms with Crippen LogP contribution in [-0.4, -0.2) is 21.3 Å². The molecule has 2 aromatic rings. The quantitative estimate of drug-likeness (QED) is 0.847. The monoisotopic (exact) mass is 256 g/mol. The summed E-state index contributed by atoms with van der Waals surface area (Å²) in [5.41, 5.74) is 0. The van der Waals surface area contributed by atoms with Gasteiger partial charge in [0.05, 0.1) is 5.75 Å². The van der Waals surface area contributed by atoms with E-state index in [1.165, 1.54) is 29.2 Å². The lowest BCUT2D eigenvalue weighted by molar-refractivity contribution is 0.0661. The first-order valence-corrected chi connectivity index (χ1v) is 6.20. The van der Waals surface area contributed by atoms with E-state index < -0.39 is 5.97 Å². The number of aromatic nitrogens is 2. The molecule has 0 spiro atoms. The number of hydrogen-bond acceptors (Lipinski definition) is 6. The van der Waals surface area contributed by atoms with Crippen LogP contribution < -0.4 is 0 Å². The van der Waals surface area contributed by atoms with Gasteiger partial charge in [0, 0.05) is 0 Å². The topological polar surface area (TPSA) is 76.2 Å². The summed E-state index contributed by atoms with van der Waals surface area (Å²) in [6.07, 6.45) is 0. The van der Waals surface area contributed by atoms with E-state index in [0.29, 0.717) is 11.5 Å². The van der Waals surface area contributed by atoms with Crippen molar-refractivity contribution in [2.24, 2.45) is 0 Å². The molecule has 0 saturated heterocycles. The molecule has 0 aliphatic heterocycles. The average molecular weight is 256 g/mol. The standard InChI is InChI=1S/C9H8N2O3S2/c1-5-10-11-9(16-5)15-4-6-2-3-7(14-6)8(12)13/h2-3H,4H2,1H3,(H,12,13). The smallest absolute Gasteiger partial charge is 0.371 e. The predicted octanol–water partition coefficient (Wildman–Crippen LogP) is 2.43. The van der Waals surface area contributed by atoms with Crippen molar-refractivity contribution in [1.82, 2.24) is 10.2 Å². The minimum atomic E-state index is -1.05. The van der Waals surface area contributed by atoms with E-state index in [4.69, 9.17) is 9.52 Å². The van der Waals surface area contributed by atoms with E-state index in [-0.39, 0.29) is 5.76 Å². The van der Waals surface area contributed by atoms with Crippen molar-refractivity contribution < 1.29 is 14.3 Å². The lowest BCUT2D eigenvalue weighted by Gasteiger charge is -1.92. The van der Waals surface area contributed by atoms with E-state index in [1.807, 2.05) is 6.92 Å². The molecule has 5 nitrogen and oxygen atoms in total. The van der Waals surface area contributed by atoms with Crippen LogP contribution in [0.2, 0.25) is 0 Å². The fraction of sp³-hybridized carbons (Fsp3) is 0.222. The van der Waals surface area contributed by atoms with E-state index in [1.54, 1.807) is 6.07 Å². The SMILES string of the molecule is Cc1nnc(SCc2ccc(C(=O)O)o2)s1. The fourth-order valence-electron chi connectivity index (χ4n) is 1.04. The molecule has 0 fully saturated rings. The van der Waals surface area contributed by atoms with Crippen molar-refractivity contribution in [3.8, 4) is 0 Å². The van der Waals surface area contributed by atoms with Gasteiger partial charge in [0.15, 0.2) is 4.34 Å². The summed E-state index contributed by atoms with van der Waals surface area (Å²) >= 11 is 2.98. The lowest BCUT2D eigenvalue weighted by atomic mass is 10.4. The molecule has 2 heterocycles. The van der Waals surface area contributed by atoms with Crippen molar-refractivity contribution in [2.75, 3.05) is 0 Å². The Morgan fingerprint density at radius 2 is 2.38 bits per heavy atom. The number of carboxylic acid groups (broad SMARTS) is 1. The molecule has 84 valence electrons. The van der Waals surface area contributed by atoms with Gasteiger partial charge in [-0.05, 0) is 19.1 Å². The fourth-order valence-corrected chi connectivity index (χ4v) is 2.75. The average Bonchev–Trinajstić information content (AvgIpc) is 2.83. The highest BCUT2D eigenvalue weighted by Gasteiger charge is 2.10. The number of hydrogen-bond donors (Lipinski definition) is 1. The Balaban J connectivity index is 1.97. The Morgan fingerprint density at radius 3 is 2.94 bits per heavy atom. The van der Waals surface area contributed by atoms with Gasteiger partial charge in [0.2, 0.25) is 5.76 Å². The summed E-state index contributed by atoms with van der Waals surface area (Å²) in [5, 5.41) is 17.4. The molecule has 0 aliphatic carbocycles. The van der Waals surface area contributed by atoms with Crippen LogP contribution in [0.5, 0.6) is 0 Å². The van der Waals surface area contributed by atoms with Crippen molar-refractivity contribution in [1.29, 1.82) is 0 Å². The molecule has 0 atom stereocenters. The number of aromatic carboxylic acids is 1. The highest BCUT2D eigenvalue weighted by Crippen LogP contribution is 2.26. The molecule has 2 rings (SSSR count). The first-order valence-electron chi connectivity index (χ1n) is 4.40. The summed E-state index contributed by atoms with van der Waals surface area (Å²) < 4.78 is 5.96. The minimum Gasteiger partial charge on any atom is -0.475 e. The van der Waals surface area contributed by atoms with Gasteiger partial charge in [-0.1, -0.05) is 23.1 Å². The molecule has 1 N–H and O–H groups in total. The van der Waals surface area contributed by atoms with Gasteiger partial charge in [-0.25, -0.2) is 4.79 Å². The van der Waals surface area contributed by atoms with Gasteiger partial charge in [-0.3, -0.25) is 0 Å². The van der Waals surface area contributed by atoms with Crippen LogP contribution in [0.15, 0.2) is 20.9 Å². The van der Waals surface area contributed by atoms with Crippen LogP contribution in [0.1, 0.15) is 21.3 Å². The number of carbonyl (C=O) groups is 1. The first kappa shape index (κ1) is 11.2. The number of furan rings is 1. The number of nitrogens with zero attached hydrogens (tertiary/aromatic N) is 2. The largest absolute Gasteiger partial charge is 0.475 e. The van der Waals surface area contributed by atoms with Gasteiger partial charge in [-0.15, -0.1) is 10.2 Å². The minimum absolute atomic E-state index is 0.0379. The van der Waals surface area contributed by atoms with Crippen molar-refractivity contribution in [3.05, 3.63) is 28.7 Å². The molecule has 0 radical (unpaired) electrons. The van der Waals surface area contributed by atoms with Crippen molar-refractivity contribution in [3.63, 3.8) is 0 Å². The zero-order valence-electron chi connectivity index (χ0n) is 8.34. The Hall–Kier alpha value is -1.34. The maximum atomic E-state index is 10.6. The van der Waals surface area contributed by atoms with Crippen LogP contribution in [0.4, 0.5) is 0 Å². The van der Waals surface area contributed by atoms with E-state index in [0.717, 1.165) is 9.35 Å². The Morgan fingerprint density at radius 1 is 1.56 bits per heavy atom. The summed E-state index contributed by atoms with van der Waals surface area (Å²) in [4.78, 5) is 10.6. The Labute approximate surface area is 99.5 Å². The number of thioether (sulfide) groups is 1. The zero-order valence-corrected chi connectivity index (χ0v) is 9.97. The van der Waals surface area contributed by atoms with Crippen molar-refractivity contribution in [2.45, 2.75) is 17.0 Å². The summed E-state index contributed by atoms with van der Waals surface area (Å²) in [6.45, 7) is 1.89. The van der Waals surface area contributed by atoms with E-state index in [9.17, 15) is 4.79 Å². The highest BCUT2D eigenvalue weighted by atomic mass is 32.2. The third-order valence-corrected chi connectivity index (χ3v) is 3.71. The second-order valence-corrected chi connectivity index (χ2v) is 5.35. The molecule has 16 heavy (non-hydrogen) atoms. The first-order chi connectivity index (χ1) is 7.65. The van der Waals surface area contributed by atoms with E-state index >= 15 is 0 Å². The van der Waals surface area contributed by atoms with Crippen LogP contribution in [0, 0.1) is 6.92 Å². The van der Waals surface area contributed by atoms with E-state index in [2.05, 4.69) is 10.2 Å². The highest BCUT2D eigenvalue weighted by molar-refractivity contribution is 8.00. The molecular weight excluding hydrogens is 248 g/mol. The maximum Gasteiger partial charge on any atom is 0.371 e. The molecule has 0 aromatic carbocycles. The number of carboxylic acids is 1. The van der Waals surface area contributed by atoms with Crippen LogP contribution in [0.25, 0.3) is 0 Å². The van der Waals surface area contributed by atoms with Gasteiger partial charge >= 0.3 is 5.97 Å². The number of aryl methyl sites for hydroxylation is 1. The summed E-state index contributed by atoms with van der Waals surface area (Å²) in [5.74, 6) is 0.0874. The molecule has 0 bridgehead atoms. The second kappa shape index (κ2) is 4.67.